The van der Waals surface area contributed by atoms with E-state index in [1.807, 2.05) is 26.1 Å². The highest BCUT2D eigenvalue weighted by Gasteiger charge is 2.41. The quantitative estimate of drug-likeness (QED) is 0.850. The summed E-state index contributed by atoms with van der Waals surface area (Å²) in [4.78, 5) is 0. The lowest BCUT2D eigenvalue weighted by molar-refractivity contribution is 0.209. The van der Waals surface area contributed by atoms with Gasteiger partial charge >= 0.3 is 0 Å². The van der Waals surface area contributed by atoms with Crippen molar-refractivity contribution in [2.24, 2.45) is 11.0 Å². The Balaban J connectivity index is 1.73. The van der Waals surface area contributed by atoms with Crippen LogP contribution in [0.25, 0.3) is 0 Å². The second-order valence-electron chi connectivity index (χ2n) is 6.12. The summed E-state index contributed by atoms with van der Waals surface area (Å²) in [5.74, 6) is 3.29. The SMILES string of the molecule is COc1ccc2c(c1)CC[C@@H]1C2=NN(C)[C@@H]1c1ccc(C)o1. The van der Waals surface area contributed by atoms with Crippen LogP contribution in [0.3, 0.4) is 0 Å². The van der Waals surface area contributed by atoms with E-state index < -0.39 is 0 Å². The van der Waals surface area contributed by atoms with E-state index in [4.69, 9.17) is 14.3 Å². The molecule has 0 spiro atoms. The van der Waals surface area contributed by atoms with Crippen LogP contribution < -0.4 is 4.74 Å². The molecule has 2 atom stereocenters. The fourth-order valence-corrected chi connectivity index (χ4v) is 3.72. The van der Waals surface area contributed by atoms with Crippen molar-refractivity contribution >= 4 is 5.71 Å². The molecule has 0 saturated carbocycles. The van der Waals surface area contributed by atoms with Gasteiger partial charge in [0.25, 0.3) is 0 Å². The van der Waals surface area contributed by atoms with E-state index >= 15 is 0 Å². The maximum atomic E-state index is 5.88. The number of hydrazone groups is 1. The number of benzene rings is 1. The van der Waals surface area contributed by atoms with Gasteiger partial charge in [0.1, 0.15) is 23.3 Å². The van der Waals surface area contributed by atoms with Gasteiger partial charge < -0.3 is 9.15 Å². The molecular formula is C18H20N2O2. The number of fused-ring (bicyclic) bond motifs is 3. The summed E-state index contributed by atoms with van der Waals surface area (Å²) in [6.07, 6.45) is 2.15. The van der Waals surface area contributed by atoms with Gasteiger partial charge in [0, 0.05) is 18.5 Å². The first-order valence-corrected chi connectivity index (χ1v) is 7.72. The minimum absolute atomic E-state index is 0.207. The minimum Gasteiger partial charge on any atom is -0.497 e. The Labute approximate surface area is 130 Å². The molecule has 4 nitrogen and oxygen atoms in total. The van der Waals surface area contributed by atoms with Gasteiger partial charge in [0.15, 0.2) is 0 Å². The lowest BCUT2D eigenvalue weighted by Crippen LogP contribution is -2.27. The van der Waals surface area contributed by atoms with Crippen LogP contribution >= 0.6 is 0 Å². The van der Waals surface area contributed by atoms with Crippen molar-refractivity contribution in [2.45, 2.75) is 25.8 Å². The van der Waals surface area contributed by atoms with Gasteiger partial charge in [-0.3, -0.25) is 5.01 Å². The molecule has 1 aromatic heterocycles. The molecule has 4 heteroatoms. The Morgan fingerprint density at radius 3 is 2.86 bits per heavy atom. The lowest BCUT2D eigenvalue weighted by Gasteiger charge is -2.27. The normalized spacial score (nSPS) is 23.0. The smallest absolute Gasteiger partial charge is 0.128 e. The average Bonchev–Trinajstić information content (AvgIpc) is 3.08. The van der Waals surface area contributed by atoms with Crippen LogP contribution in [-0.2, 0) is 6.42 Å². The van der Waals surface area contributed by atoms with Gasteiger partial charge in [0.05, 0.1) is 12.8 Å². The molecule has 0 bridgehead atoms. The van der Waals surface area contributed by atoms with Crippen molar-refractivity contribution in [1.82, 2.24) is 5.01 Å². The summed E-state index contributed by atoms with van der Waals surface area (Å²) in [6.45, 7) is 1.99. The van der Waals surface area contributed by atoms with Crippen molar-refractivity contribution in [3.05, 3.63) is 53.0 Å². The second kappa shape index (κ2) is 4.90. The largest absolute Gasteiger partial charge is 0.497 e. The van der Waals surface area contributed by atoms with Crippen LogP contribution in [0, 0.1) is 12.8 Å². The monoisotopic (exact) mass is 296 g/mol. The third-order valence-electron chi connectivity index (χ3n) is 4.77. The third-order valence-corrected chi connectivity index (χ3v) is 4.77. The number of methoxy groups -OCH3 is 1. The predicted molar refractivity (Wildman–Crippen MR) is 85.3 cm³/mol. The van der Waals surface area contributed by atoms with E-state index in [-0.39, 0.29) is 6.04 Å². The molecule has 2 heterocycles. The lowest BCUT2D eigenvalue weighted by atomic mass is 9.78. The number of hydrogen-bond donors (Lipinski definition) is 0. The van der Waals surface area contributed by atoms with E-state index in [1.165, 1.54) is 16.8 Å². The molecule has 1 aliphatic carbocycles. The molecule has 2 aromatic rings. The standard InChI is InChI=1S/C18H20N2O2/c1-11-4-9-16(22-11)18-15-7-5-12-10-13(21-3)6-8-14(12)17(15)19-20(18)2/h4,6,8-10,15,18H,5,7H2,1-3H3/t15-,18+/m1/s1. The zero-order valence-electron chi connectivity index (χ0n) is 13.2. The maximum absolute atomic E-state index is 5.88. The first kappa shape index (κ1) is 13.4. The molecule has 22 heavy (non-hydrogen) atoms. The van der Waals surface area contributed by atoms with Gasteiger partial charge in [-0.2, -0.15) is 5.10 Å². The molecule has 4 rings (SSSR count). The predicted octanol–water partition coefficient (Wildman–Crippen LogP) is 3.55. The van der Waals surface area contributed by atoms with Crippen molar-refractivity contribution in [2.75, 3.05) is 14.2 Å². The van der Waals surface area contributed by atoms with Gasteiger partial charge in [-0.05, 0) is 55.7 Å². The Morgan fingerprint density at radius 2 is 2.14 bits per heavy atom. The highest BCUT2D eigenvalue weighted by atomic mass is 16.5. The second-order valence-corrected chi connectivity index (χ2v) is 6.12. The molecule has 2 aliphatic rings. The number of nitrogens with zero attached hydrogens (tertiary/aromatic N) is 2. The number of hydrogen-bond acceptors (Lipinski definition) is 4. The number of furan rings is 1. The fraction of sp³-hybridized carbons (Fsp3) is 0.389. The zero-order valence-corrected chi connectivity index (χ0v) is 13.2. The molecular weight excluding hydrogens is 276 g/mol. The topological polar surface area (TPSA) is 38.0 Å². The van der Waals surface area contributed by atoms with Crippen LogP contribution in [0.2, 0.25) is 0 Å². The average molecular weight is 296 g/mol. The molecule has 114 valence electrons. The molecule has 1 aliphatic heterocycles. The summed E-state index contributed by atoms with van der Waals surface area (Å²) in [7, 11) is 3.75. The van der Waals surface area contributed by atoms with Crippen LogP contribution in [0.1, 0.15) is 35.1 Å². The molecule has 0 amide bonds. The number of aryl methyl sites for hydroxylation is 2. The summed E-state index contributed by atoms with van der Waals surface area (Å²) >= 11 is 0. The summed E-state index contributed by atoms with van der Waals surface area (Å²) in [5, 5.41) is 6.88. The van der Waals surface area contributed by atoms with Gasteiger partial charge in [-0.15, -0.1) is 0 Å². The Hall–Kier alpha value is -2.23. The zero-order chi connectivity index (χ0) is 15.3. The van der Waals surface area contributed by atoms with Crippen molar-refractivity contribution in [1.29, 1.82) is 0 Å². The summed E-state index contributed by atoms with van der Waals surface area (Å²) < 4.78 is 11.2. The number of ether oxygens (including phenoxy) is 1. The van der Waals surface area contributed by atoms with Gasteiger partial charge in [-0.1, -0.05) is 0 Å². The van der Waals surface area contributed by atoms with Crippen LogP contribution in [0.15, 0.2) is 39.9 Å². The highest BCUT2D eigenvalue weighted by molar-refractivity contribution is 6.05. The highest BCUT2D eigenvalue weighted by Crippen LogP contribution is 2.43. The fourth-order valence-electron chi connectivity index (χ4n) is 3.72. The minimum atomic E-state index is 0.207. The Morgan fingerprint density at radius 1 is 1.27 bits per heavy atom. The molecule has 0 fully saturated rings. The first-order chi connectivity index (χ1) is 10.7. The Bertz CT molecular complexity index is 747. The van der Waals surface area contributed by atoms with Crippen molar-refractivity contribution < 1.29 is 9.15 Å². The van der Waals surface area contributed by atoms with Crippen LogP contribution in [0.5, 0.6) is 5.75 Å². The molecule has 0 saturated heterocycles. The summed E-state index contributed by atoms with van der Waals surface area (Å²) in [6, 6.07) is 10.6. The van der Waals surface area contributed by atoms with Crippen molar-refractivity contribution in [3.63, 3.8) is 0 Å². The molecule has 0 unspecified atom stereocenters. The first-order valence-electron chi connectivity index (χ1n) is 7.72. The van der Waals surface area contributed by atoms with Gasteiger partial charge in [-0.25, -0.2) is 0 Å². The summed E-state index contributed by atoms with van der Waals surface area (Å²) in [5.41, 5.74) is 3.78. The maximum Gasteiger partial charge on any atom is 0.128 e. The van der Waals surface area contributed by atoms with E-state index in [0.29, 0.717) is 5.92 Å². The van der Waals surface area contributed by atoms with Crippen molar-refractivity contribution in [3.8, 4) is 5.75 Å². The number of rotatable bonds is 2. The van der Waals surface area contributed by atoms with Crippen LogP contribution in [0.4, 0.5) is 0 Å². The van der Waals surface area contributed by atoms with E-state index in [9.17, 15) is 0 Å². The molecule has 0 radical (unpaired) electrons. The Kier molecular flexibility index (Phi) is 2.99. The van der Waals surface area contributed by atoms with E-state index in [0.717, 1.165) is 30.1 Å². The van der Waals surface area contributed by atoms with Crippen LogP contribution in [-0.4, -0.2) is 24.9 Å². The van der Waals surface area contributed by atoms with Gasteiger partial charge in [0.2, 0.25) is 0 Å². The molecule has 0 N–H and O–H groups in total. The van der Waals surface area contributed by atoms with E-state index in [1.54, 1.807) is 7.11 Å². The van der Waals surface area contributed by atoms with E-state index in [2.05, 4.69) is 23.2 Å². The third kappa shape index (κ3) is 1.94. The molecule has 1 aromatic carbocycles.